The van der Waals surface area contributed by atoms with Crippen LogP contribution in [0.25, 0.3) is 4.96 Å². The minimum Gasteiger partial charge on any atom is -0.486 e. The van der Waals surface area contributed by atoms with E-state index in [1.165, 1.54) is 21.9 Å². The Kier molecular flexibility index (Phi) is 3.68. The van der Waals surface area contributed by atoms with E-state index in [1.807, 2.05) is 24.3 Å². The Morgan fingerprint density at radius 2 is 2.10 bits per heavy atom. The lowest BCUT2D eigenvalue weighted by atomic mass is 10.2. The van der Waals surface area contributed by atoms with Crippen LogP contribution < -0.4 is 16.0 Å². The van der Waals surface area contributed by atoms with Crippen molar-refractivity contribution in [2.45, 2.75) is 20.1 Å². The maximum absolute atomic E-state index is 11.8. The standard InChI is InChI=1S/C14H14N4O2S/c1-9-6-13(19)18-14(16-9)21-12(17-18)8-20-11-4-2-10(7-15)3-5-11/h2-6H,7-8,15H2,1H3. The van der Waals surface area contributed by atoms with Crippen LogP contribution in [0.5, 0.6) is 5.75 Å². The zero-order valence-electron chi connectivity index (χ0n) is 11.4. The number of aryl methyl sites for hydroxylation is 1. The molecule has 0 radical (unpaired) electrons. The molecule has 0 spiro atoms. The second-order valence-electron chi connectivity index (χ2n) is 4.56. The maximum atomic E-state index is 11.8. The van der Waals surface area contributed by atoms with Crippen molar-refractivity contribution in [2.75, 3.05) is 0 Å². The van der Waals surface area contributed by atoms with Gasteiger partial charge in [0, 0.05) is 18.3 Å². The largest absolute Gasteiger partial charge is 0.486 e. The monoisotopic (exact) mass is 302 g/mol. The molecule has 2 heterocycles. The summed E-state index contributed by atoms with van der Waals surface area (Å²) in [5, 5.41) is 4.92. The highest BCUT2D eigenvalue weighted by atomic mass is 32.1. The molecular weight excluding hydrogens is 288 g/mol. The van der Waals surface area contributed by atoms with E-state index in [4.69, 9.17) is 10.5 Å². The summed E-state index contributed by atoms with van der Waals surface area (Å²) in [6, 6.07) is 9.03. The molecule has 2 aromatic heterocycles. The molecule has 0 amide bonds. The van der Waals surface area contributed by atoms with E-state index in [9.17, 15) is 4.79 Å². The van der Waals surface area contributed by atoms with Crippen LogP contribution in [0.4, 0.5) is 0 Å². The molecule has 1 aromatic carbocycles. The molecule has 3 rings (SSSR count). The Labute approximate surface area is 124 Å². The topological polar surface area (TPSA) is 82.5 Å². The molecule has 0 aliphatic carbocycles. The van der Waals surface area contributed by atoms with Gasteiger partial charge in [-0.25, -0.2) is 4.98 Å². The molecule has 0 saturated heterocycles. The predicted molar refractivity (Wildman–Crippen MR) is 80.5 cm³/mol. The van der Waals surface area contributed by atoms with E-state index in [0.717, 1.165) is 11.3 Å². The van der Waals surface area contributed by atoms with Gasteiger partial charge in [0.05, 0.1) is 0 Å². The molecule has 0 bridgehead atoms. The molecule has 0 aliphatic rings. The van der Waals surface area contributed by atoms with E-state index >= 15 is 0 Å². The predicted octanol–water partition coefficient (Wildman–Crippen LogP) is 1.50. The quantitative estimate of drug-likeness (QED) is 0.789. The molecule has 7 heteroatoms. The molecular formula is C14H14N4O2S. The van der Waals surface area contributed by atoms with Crippen molar-refractivity contribution in [3.05, 3.63) is 57.0 Å². The van der Waals surface area contributed by atoms with Crippen molar-refractivity contribution in [3.63, 3.8) is 0 Å². The molecule has 6 nitrogen and oxygen atoms in total. The van der Waals surface area contributed by atoms with Crippen molar-refractivity contribution in [2.24, 2.45) is 5.73 Å². The van der Waals surface area contributed by atoms with Crippen molar-refractivity contribution < 1.29 is 4.74 Å². The first kappa shape index (κ1) is 13.7. The zero-order chi connectivity index (χ0) is 14.8. The van der Waals surface area contributed by atoms with Crippen molar-refractivity contribution in [1.82, 2.24) is 14.6 Å². The van der Waals surface area contributed by atoms with Gasteiger partial charge in [0.2, 0.25) is 4.96 Å². The van der Waals surface area contributed by atoms with E-state index in [2.05, 4.69) is 10.1 Å². The molecule has 2 N–H and O–H groups in total. The van der Waals surface area contributed by atoms with Crippen LogP contribution >= 0.6 is 11.3 Å². The van der Waals surface area contributed by atoms with Crippen LogP contribution in [0, 0.1) is 6.92 Å². The molecule has 0 unspecified atom stereocenters. The Morgan fingerprint density at radius 3 is 2.81 bits per heavy atom. The minimum absolute atomic E-state index is 0.174. The highest BCUT2D eigenvalue weighted by Crippen LogP contribution is 2.16. The summed E-state index contributed by atoms with van der Waals surface area (Å²) in [5.74, 6) is 0.739. The van der Waals surface area contributed by atoms with E-state index < -0.39 is 0 Å². The van der Waals surface area contributed by atoms with E-state index in [-0.39, 0.29) is 5.56 Å². The SMILES string of the molecule is Cc1cc(=O)n2nc(COc3ccc(CN)cc3)sc2n1. The summed E-state index contributed by atoms with van der Waals surface area (Å²) < 4.78 is 6.95. The minimum atomic E-state index is -0.174. The Hall–Kier alpha value is -2.25. The third-order valence-corrected chi connectivity index (χ3v) is 3.82. The summed E-state index contributed by atoms with van der Waals surface area (Å²) in [6.45, 7) is 2.59. The molecule has 3 aromatic rings. The summed E-state index contributed by atoms with van der Waals surface area (Å²) in [7, 11) is 0. The summed E-state index contributed by atoms with van der Waals surface area (Å²) in [6.07, 6.45) is 0. The Bertz CT molecular complexity index is 823. The number of fused-ring (bicyclic) bond motifs is 1. The molecule has 21 heavy (non-hydrogen) atoms. The zero-order valence-corrected chi connectivity index (χ0v) is 12.3. The van der Waals surface area contributed by atoms with Gasteiger partial charge in [-0.1, -0.05) is 23.5 Å². The van der Waals surface area contributed by atoms with Crippen molar-refractivity contribution in [3.8, 4) is 5.75 Å². The lowest BCUT2D eigenvalue weighted by molar-refractivity contribution is 0.304. The van der Waals surface area contributed by atoms with Gasteiger partial charge in [-0.05, 0) is 24.6 Å². The number of benzene rings is 1. The van der Waals surface area contributed by atoms with Crippen LogP contribution in [0.2, 0.25) is 0 Å². The Morgan fingerprint density at radius 1 is 1.33 bits per heavy atom. The maximum Gasteiger partial charge on any atom is 0.275 e. The number of hydrogen-bond donors (Lipinski definition) is 1. The second kappa shape index (κ2) is 5.63. The second-order valence-corrected chi connectivity index (χ2v) is 5.60. The molecule has 0 fully saturated rings. The fourth-order valence-electron chi connectivity index (χ4n) is 1.89. The molecule has 0 atom stereocenters. The average molecular weight is 302 g/mol. The van der Waals surface area contributed by atoms with Crippen LogP contribution in [0.15, 0.2) is 35.1 Å². The van der Waals surface area contributed by atoms with Gasteiger partial charge in [0.15, 0.2) is 5.01 Å². The highest BCUT2D eigenvalue weighted by molar-refractivity contribution is 7.16. The number of rotatable bonds is 4. The first-order valence-corrected chi connectivity index (χ1v) is 7.25. The average Bonchev–Trinajstić information content (AvgIpc) is 2.89. The molecule has 0 aliphatic heterocycles. The number of ether oxygens (including phenoxy) is 1. The number of nitrogens with zero attached hydrogens (tertiary/aromatic N) is 3. The van der Waals surface area contributed by atoms with Crippen molar-refractivity contribution >= 4 is 16.3 Å². The summed E-state index contributed by atoms with van der Waals surface area (Å²) in [4.78, 5) is 16.6. The fourth-order valence-corrected chi connectivity index (χ4v) is 2.74. The van der Waals surface area contributed by atoms with Crippen molar-refractivity contribution in [1.29, 1.82) is 0 Å². The first-order chi connectivity index (χ1) is 10.2. The third kappa shape index (κ3) is 2.93. The highest BCUT2D eigenvalue weighted by Gasteiger charge is 2.08. The molecule has 108 valence electrons. The van der Waals surface area contributed by atoms with Gasteiger partial charge < -0.3 is 10.5 Å². The van der Waals surface area contributed by atoms with Gasteiger partial charge in [-0.2, -0.15) is 9.61 Å². The van der Waals surface area contributed by atoms with Crippen LogP contribution in [0.3, 0.4) is 0 Å². The normalized spacial score (nSPS) is 11.0. The summed E-state index contributed by atoms with van der Waals surface area (Å²) >= 11 is 1.35. The van der Waals surface area contributed by atoms with Crippen LogP contribution in [0.1, 0.15) is 16.3 Å². The van der Waals surface area contributed by atoms with E-state index in [1.54, 1.807) is 6.92 Å². The van der Waals surface area contributed by atoms with Gasteiger partial charge in [-0.15, -0.1) is 0 Å². The van der Waals surface area contributed by atoms with Gasteiger partial charge >= 0.3 is 0 Å². The lowest BCUT2D eigenvalue weighted by Crippen LogP contribution is -2.14. The van der Waals surface area contributed by atoms with Crippen LogP contribution in [-0.2, 0) is 13.2 Å². The van der Waals surface area contributed by atoms with Gasteiger partial charge in [0.25, 0.3) is 5.56 Å². The number of hydrogen-bond acceptors (Lipinski definition) is 6. The first-order valence-electron chi connectivity index (χ1n) is 6.44. The van der Waals surface area contributed by atoms with Crippen LogP contribution in [-0.4, -0.2) is 14.6 Å². The summed E-state index contributed by atoms with van der Waals surface area (Å²) in [5.41, 5.74) is 7.11. The smallest absolute Gasteiger partial charge is 0.275 e. The number of nitrogens with two attached hydrogens (primary N) is 1. The van der Waals surface area contributed by atoms with Gasteiger partial charge in [-0.3, -0.25) is 4.79 Å². The Balaban J connectivity index is 1.78. The van der Waals surface area contributed by atoms with Gasteiger partial charge in [0.1, 0.15) is 12.4 Å². The van der Waals surface area contributed by atoms with E-state index in [0.29, 0.717) is 28.8 Å². The molecule has 0 saturated carbocycles. The third-order valence-electron chi connectivity index (χ3n) is 2.94. The fraction of sp³-hybridized carbons (Fsp3) is 0.214. The lowest BCUT2D eigenvalue weighted by Gasteiger charge is -2.04. The number of aromatic nitrogens is 3.